The zero-order valence-corrected chi connectivity index (χ0v) is 20.6. The molecular formula is C27H36N2O5. The fourth-order valence-corrected chi connectivity index (χ4v) is 5.05. The van der Waals surface area contributed by atoms with Gasteiger partial charge in [-0.2, -0.15) is 0 Å². The number of carbonyl (C=O) groups is 3. The second-order valence-electron chi connectivity index (χ2n) is 9.43. The minimum Gasteiger partial charge on any atom is -0.480 e. The third-order valence-corrected chi connectivity index (χ3v) is 6.44. The molecule has 1 aliphatic heterocycles. The van der Waals surface area contributed by atoms with Crippen LogP contribution < -0.4 is 4.90 Å². The largest absolute Gasteiger partial charge is 0.480 e. The Hall–Kier alpha value is -3.19. The summed E-state index contributed by atoms with van der Waals surface area (Å²) in [5.41, 5.74) is 8.32. The Balaban J connectivity index is 0.000000970. The number of benzene rings is 1. The molecule has 1 aromatic carbocycles. The molecule has 1 aromatic heterocycles. The smallest absolute Gasteiger partial charge is 0.323 e. The van der Waals surface area contributed by atoms with Crippen LogP contribution in [0.15, 0.2) is 30.8 Å². The first-order valence-corrected chi connectivity index (χ1v) is 11.4. The summed E-state index contributed by atoms with van der Waals surface area (Å²) < 4.78 is 7.45. The highest BCUT2D eigenvalue weighted by atomic mass is 16.5. The molecule has 7 nitrogen and oxygen atoms in total. The van der Waals surface area contributed by atoms with Crippen LogP contribution in [0, 0.1) is 12.3 Å². The minimum atomic E-state index is -0.800. The van der Waals surface area contributed by atoms with Crippen LogP contribution in [0.25, 0.3) is 5.57 Å². The molecule has 2 aliphatic rings. The lowest BCUT2D eigenvalue weighted by Crippen LogP contribution is -2.36. The van der Waals surface area contributed by atoms with Crippen LogP contribution in [0.1, 0.15) is 48.3 Å². The van der Waals surface area contributed by atoms with E-state index in [1.54, 1.807) is 0 Å². The first kappa shape index (κ1) is 27.1. The summed E-state index contributed by atoms with van der Waals surface area (Å²) in [5.74, 6) is -0.800. The lowest BCUT2D eigenvalue weighted by Gasteiger charge is -2.32. The van der Waals surface area contributed by atoms with Crippen molar-refractivity contribution in [3.05, 3.63) is 58.9 Å². The van der Waals surface area contributed by atoms with Crippen molar-refractivity contribution in [3.63, 3.8) is 0 Å². The van der Waals surface area contributed by atoms with Crippen LogP contribution in [0.5, 0.6) is 0 Å². The van der Waals surface area contributed by atoms with E-state index in [0.717, 1.165) is 62.5 Å². The van der Waals surface area contributed by atoms with Crippen LogP contribution in [0.4, 0.5) is 5.69 Å². The van der Waals surface area contributed by atoms with E-state index in [1.807, 2.05) is 18.1 Å². The molecule has 0 spiro atoms. The summed E-state index contributed by atoms with van der Waals surface area (Å²) in [7, 11) is 0. The van der Waals surface area contributed by atoms with Crippen molar-refractivity contribution in [1.29, 1.82) is 0 Å². The van der Waals surface area contributed by atoms with Gasteiger partial charge < -0.3 is 28.9 Å². The number of ether oxygens (including phenoxy) is 1. The average molecular weight is 469 g/mol. The molecular weight excluding hydrogens is 432 g/mol. The molecule has 2 aromatic rings. The fraction of sp³-hybridized carbons (Fsp3) is 0.444. The number of hydrogen-bond donors (Lipinski definition) is 1. The first-order valence-electron chi connectivity index (χ1n) is 11.4. The second-order valence-corrected chi connectivity index (χ2v) is 9.43. The predicted molar refractivity (Wildman–Crippen MR) is 134 cm³/mol. The summed E-state index contributed by atoms with van der Waals surface area (Å²) >= 11 is 0. The van der Waals surface area contributed by atoms with Gasteiger partial charge in [-0.1, -0.05) is 32.6 Å². The van der Waals surface area contributed by atoms with Crippen molar-refractivity contribution in [2.75, 3.05) is 31.2 Å². The lowest BCUT2D eigenvalue weighted by molar-refractivity contribution is -0.137. The van der Waals surface area contributed by atoms with Crippen LogP contribution in [-0.2, 0) is 38.5 Å². The number of aromatic nitrogens is 1. The van der Waals surface area contributed by atoms with Gasteiger partial charge in [-0.3, -0.25) is 4.79 Å². The number of carboxylic acid groups (broad SMARTS) is 1. The Labute approximate surface area is 202 Å². The van der Waals surface area contributed by atoms with Gasteiger partial charge >= 0.3 is 5.97 Å². The maximum absolute atomic E-state index is 11.5. The van der Waals surface area contributed by atoms with Crippen LogP contribution in [0.3, 0.4) is 0 Å². The first-order chi connectivity index (χ1) is 16.2. The van der Waals surface area contributed by atoms with Crippen LogP contribution in [-0.4, -0.2) is 55.5 Å². The van der Waals surface area contributed by atoms with Gasteiger partial charge in [-0.15, -0.1) is 0 Å². The standard InChI is InChI=1S/C25H32N2O3.2CH2O/c1-17-14-25(3,4)15-22-24(17)21(18(2)27(22)16-23(28)29)13-19-5-7-20(8-6-19)26-9-11-30-12-10-26;2*1-2/h5-8H,1,9-16H2,2-4H3,(H,28,29);2*1H2. The molecule has 2 heterocycles. The van der Waals surface area contributed by atoms with Crippen molar-refractivity contribution in [1.82, 2.24) is 4.57 Å². The summed E-state index contributed by atoms with van der Waals surface area (Å²) in [5, 5.41) is 9.49. The normalized spacial score (nSPS) is 16.4. The van der Waals surface area contributed by atoms with Gasteiger partial charge in [0.25, 0.3) is 0 Å². The Morgan fingerprint density at radius 1 is 1.06 bits per heavy atom. The van der Waals surface area contributed by atoms with Gasteiger partial charge in [0, 0.05) is 35.7 Å². The number of allylic oxidation sites excluding steroid dienone is 1. The number of nitrogens with zero attached hydrogens (tertiary/aromatic N) is 2. The number of carboxylic acids is 1. The predicted octanol–water partition coefficient (Wildman–Crippen LogP) is 3.92. The van der Waals surface area contributed by atoms with Crippen molar-refractivity contribution in [2.45, 2.75) is 46.6 Å². The van der Waals surface area contributed by atoms with Crippen molar-refractivity contribution in [3.8, 4) is 0 Å². The molecule has 1 aliphatic carbocycles. The lowest BCUT2D eigenvalue weighted by atomic mass is 9.73. The highest BCUT2D eigenvalue weighted by Crippen LogP contribution is 2.44. The van der Waals surface area contributed by atoms with Gasteiger partial charge in [-0.05, 0) is 60.4 Å². The number of morpholine rings is 1. The van der Waals surface area contributed by atoms with Gasteiger partial charge in [0.2, 0.25) is 0 Å². The maximum atomic E-state index is 11.5. The van der Waals surface area contributed by atoms with Crippen molar-refractivity contribution >= 4 is 30.8 Å². The van der Waals surface area contributed by atoms with Gasteiger partial charge in [0.05, 0.1) is 13.2 Å². The monoisotopic (exact) mass is 468 g/mol. The number of aliphatic carboxylic acids is 1. The van der Waals surface area contributed by atoms with Gasteiger partial charge in [-0.25, -0.2) is 0 Å². The molecule has 34 heavy (non-hydrogen) atoms. The molecule has 0 radical (unpaired) electrons. The van der Waals surface area contributed by atoms with Crippen LogP contribution in [0.2, 0.25) is 0 Å². The van der Waals surface area contributed by atoms with E-state index in [-0.39, 0.29) is 12.0 Å². The zero-order chi connectivity index (χ0) is 25.5. The molecule has 4 rings (SSSR count). The molecule has 1 fully saturated rings. The molecule has 0 atom stereocenters. The van der Waals surface area contributed by atoms with Crippen LogP contribution >= 0.6 is 0 Å². The van der Waals surface area contributed by atoms with E-state index in [9.17, 15) is 9.90 Å². The number of carbonyl (C=O) groups excluding carboxylic acids is 2. The highest BCUT2D eigenvalue weighted by molar-refractivity contribution is 5.74. The summed E-state index contributed by atoms with van der Waals surface area (Å²) in [6, 6.07) is 8.77. The molecule has 1 saturated heterocycles. The summed E-state index contributed by atoms with van der Waals surface area (Å²) in [6.45, 7) is 18.3. The van der Waals surface area contributed by atoms with Crippen molar-refractivity contribution < 1.29 is 24.2 Å². The Kier molecular flexibility index (Phi) is 9.38. The SMILES string of the molecule is C=C1CC(C)(C)Cc2c1c(Cc1ccc(N3CCOCC3)cc1)c(C)n2CC(=O)O.C=O.C=O. The van der Waals surface area contributed by atoms with E-state index in [1.165, 1.54) is 22.4 Å². The number of anilines is 1. The fourth-order valence-electron chi connectivity index (χ4n) is 5.05. The number of rotatable bonds is 5. The Morgan fingerprint density at radius 2 is 1.65 bits per heavy atom. The van der Waals surface area contributed by atoms with Gasteiger partial charge in [0.1, 0.15) is 20.1 Å². The van der Waals surface area contributed by atoms with E-state index in [4.69, 9.17) is 14.3 Å². The van der Waals surface area contributed by atoms with E-state index in [2.05, 4.69) is 56.5 Å². The molecule has 184 valence electrons. The summed E-state index contributed by atoms with van der Waals surface area (Å²) in [6.07, 6.45) is 2.62. The topological polar surface area (TPSA) is 88.8 Å². The molecule has 1 N–H and O–H groups in total. The van der Waals surface area contributed by atoms with Gasteiger partial charge in [0.15, 0.2) is 0 Å². The highest BCUT2D eigenvalue weighted by Gasteiger charge is 2.34. The number of hydrogen-bond acceptors (Lipinski definition) is 5. The number of fused-ring (bicyclic) bond motifs is 1. The molecule has 0 unspecified atom stereocenters. The molecule has 0 saturated carbocycles. The zero-order valence-electron chi connectivity index (χ0n) is 20.6. The van der Waals surface area contributed by atoms with E-state index < -0.39 is 5.97 Å². The average Bonchev–Trinajstić information content (AvgIpc) is 3.07. The van der Waals surface area contributed by atoms with E-state index in [0.29, 0.717) is 0 Å². The quantitative estimate of drug-likeness (QED) is 0.715. The third kappa shape index (κ3) is 6.03. The second kappa shape index (κ2) is 11.8. The summed E-state index contributed by atoms with van der Waals surface area (Å²) in [4.78, 5) is 29.9. The Morgan fingerprint density at radius 3 is 2.21 bits per heavy atom. The van der Waals surface area contributed by atoms with E-state index >= 15 is 0 Å². The minimum absolute atomic E-state index is 0.00744. The third-order valence-electron chi connectivity index (χ3n) is 6.44. The molecule has 0 bridgehead atoms. The van der Waals surface area contributed by atoms with Crippen molar-refractivity contribution in [2.24, 2.45) is 5.41 Å². The molecule has 7 heteroatoms. The maximum Gasteiger partial charge on any atom is 0.323 e. The molecule has 0 amide bonds. The Bertz CT molecular complexity index is 999.